The first-order chi connectivity index (χ1) is 13.7. The van der Waals surface area contributed by atoms with Crippen molar-refractivity contribution >= 4 is 33.4 Å². The Bertz CT molecular complexity index is 910. The number of nitrogens with zero attached hydrogens (tertiary/aromatic N) is 2. The standard InChI is InChI=1S/C21H23N3O3S/c25-19(6-3-7-20-23-17-4-1-2-5-18(17)28-20)22-16-8-11-24(12-9-16)21(26)15-10-13-27-14-15/h1-2,4-5,10,13-14,16H,3,6-9,11-12H2,(H,22,25). The second-order valence-electron chi connectivity index (χ2n) is 7.07. The lowest BCUT2D eigenvalue weighted by atomic mass is 10.0. The van der Waals surface area contributed by atoms with E-state index in [1.54, 1.807) is 17.4 Å². The second-order valence-corrected chi connectivity index (χ2v) is 8.19. The maximum absolute atomic E-state index is 12.3. The van der Waals surface area contributed by atoms with Crippen molar-refractivity contribution in [1.29, 1.82) is 0 Å². The van der Waals surface area contributed by atoms with Gasteiger partial charge < -0.3 is 14.6 Å². The number of amides is 2. The van der Waals surface area contributed by atoms with Crippen LogP contribution in [0.3, 0.4) is 0 Å². The summed E-state index contributed by atoms with van der Waals surface area (Å²) in [5.41, 5.74) is 1.61. The number of furan rings is 1. The molecule has 0 aliphatic carbocycles. The van der Waals surface area contributed by atoms with E-state index in [2.05, 4.69) is 16.4 Å². The SMILES string of the molecule is O=C(CCCc1nc2ccccc2s1)NC1CCN(C(=O)c2ccoc2)CC1. The lowest BCUT2D eigenvalue weighted by Crippen LogP contribution is -2.46. The number of thiazole rings is 1. The van der Waals surface area contributed by atoms with Gasteiger partial charge in [-0.25, -0.2) is 4.98 Å². The van der Waals surface area contributed by atoms with E-state index in [-0.39, 0.29) is 17.9 Å². The summed E-state index contributed by atoms with van der Waals surface area (Å²) in [5, 5.41) is 4.20. The molecule has 4 rings (SSSR count). The van der Waals surface area contributed by atoms with E-state index in [1.165, 1.54) is 17.2 Å². The number of hydrogen-bond acceptors (Lipinski definition) is 5. The summed E-state index contributed by atoms with van der Waals surface area (Å²) in [6.07, 6.45) is 6.68. The maximum atomic E-state index is 12.3. The molecular weight excluding hydrogens is 374 g/mol. The minimum atomic E-state index is -0.00522. The summed E-state index contributed by atoms with van der Waals surface area (Å²) in [5.74, 6) is 0.0788. The number of piperidine rings is 1. The van der Waals surface area contributed by atoms with Gasteiger partial charge in [0.05, 0.1) is 27.1 Å². The fourth-order valence-corrected chi connectivity index (χ4v) is 4.53. The van der Waals surface area contributed by atoms with Crippen LogP contribution in [0.1, 0.15) is 41.0 Å². The molecule has 1 saturated heterocycles. The van der Waals surface area contributed by atoms with Gasteiger partial charge in [-0.1, -0.05) is 12.1 Å². The van der Waals surface area contributed by atoms with E-state index < -0.39 is 0 Å². The van der Waals surface area contributed by atoms with Crippen molar-refractivity contribution < 1.29 is 14.0 Å². The first kappa shape index (κ1) is 18.7. The fraction of sp³-hybridized carbons (Fsp3) is 0.381. The van der Waals surface area contributed by atoms with Crippen LogP contribution in [-0.4, -0.2) is 40.8 Å². The van der Waals surface area contributed by atoms with Gasteiger partial charge >= 0.3 is 0 Å². The van der Waals surface area contributed by atoms with Crippen molar-refractivity contribution in [2.24, 2.45) is 0 Å². The second kappa shape index (κ2) is 8.56. The zero-order valence-electron chi connectivity index (χ0n) is 15.6. The molecule has 0 bridgehead atoms. The zero-order chi connectivity index (χ0) is 19.3. The Labute approximate surface area is 167 Å². The Kier molecular flexibility index (Phi) is 5.71. The van der Waals surface area contributed by atoms with Gasteiger partial charge in [-0.05, 0) is 43.9 Å². The molecule has 1 N–H and O–H groups in total. The van der Waals surface area contributed by atoms with Crippen molar-refractivity contribution in [3.05, 3.63) is 53.4 Å². The molecule has 0 radical (unpaired) electrons. The quantitative estimate of drug-likeness (QED) is 0.689. The molecule has 7 heteroatoms. The van der Waals surface area contributed by atoms with Crippen LogP contribution in [0.2, 0.25) is 0 Å². The Morgan fingerprint density at radius 3 is 2.79 bits per heavy atom. The van der Waals surface area contributed by atoms with Crippen molar-refractivity contribution in [3.63, 3.8) is 0 Å². The monoisotopic (exact) mass is 397 g/mol. The third-order valence-corrected chi connectivity index (χ3v) is 6.14. The molecule has 3 aromatic rings. The Hall–Kier alpha value is -2.67. The van der Waals surface area contributed by atoms with Crippen molar-refractivity contribution in [2.45, 2.75) is 38.1 Å². The summed E-state index contributed by atoms with van der Waals surface area (Å²) in [7, 11) is 0. The summed E-state index contributed by atoms with van der Waals surface area (Å²) in [6, 6.07) is 9.93. The number of likely N-dealkylation sites (tertiary alicyclic amines) is 1. The molecule has 1 fully saturated rings. The maximum Gasteiger partial charge on any atom is 0.257 e. The number of aryl methyl sites for hydroxylation is 1. The van der Waals surface area contributed by atoms with Gasteiger partial charge in [-0.2, -0.15) is 0 Å². The van der Waals surface area contributed by atoms with E-state index in [4.69, 9.17) is 4.42 Å². The third kappa shape index (κ3) is 4.42. The average molecular weight is 398 g/mol. The number of aromatic nitrogens is 1. The molecule has 2 aromatic heterocycles. The molecule has 146 valence electrons. The van der Waals surface area contributed by atoms with E-state index in [9.17, 15) is 9.59 Å². The summed E-state index contributed by atoms with van der Waals surface area (Å²) >= 11 is 1.70. The van der Waals surface area contributed by atoms with E-state index in [0.717, 1.165) is 36.2 Å². The molecule has 1 aliphatic heterocycles. The zero-order valence-corrected chi connectivity index (χ0v) is 16.4. The summed E-state index contributed by atoms with van der Waals surface area (Å²) in [4.78, 5) is 31.0. The van der Waals surface area contributed by atoms with Crippen LogP contribution in [0.15, 0.2) is 47.3 Å². The molecule has 3 heterocycles. The van der Waals surface area contributed by atoms with Crippen LogP contribution in [0.25, 0.3) is 10.2 Å². The number of benzene rings is 1. The van der Waals surface area contributed by atoms with Gasteiger partial charge in [0.15, 0.2) is 0 Å². The highest BCUT2D eigenvalue weighted by molar-refractivity contribution is 7.18. The molecule has 0 spiro atoms. The fourth-order valence-electron chi connectivity index (χ4n) is 3.52. The lowest BCUT2D eigenvalue weighted by Gasteiger charge is -2.32. The topological polar surface area (TPSA) is 75.4 Å². The smallest absolute Gasteiger partial charge is 0.257 e. The largest absolute Gasteiger partial charge is 0.472 e. The highest BCUT2D eigenvalue weighted by atomic mass is 32.1. The number of carbonyl (C=O) groups is 2. The molecule has 6 nitrogen and oxygen atoms in total. The first-order valence-corrected chi connectivity index (χ1v) is 10.5. The van der Waals surface area contributed by atoms with Crippen LogP contribution in [0, 0.1) is 0 Å². The number of nitrogens with one attached hydrogen (secondary N) is 1. The first-order valence-electron chi connectivity index (χ1n) is 9.64. The van der Waals surface area contributed by atoms with Crippen molar-refractivity contribution in [2.75, 3.05) is 13.1 Å². The van der Waals surface area contributed by atoms with Crippen LogP contribution < -0.4 is 5.32 Å². The van der Waals surface area contributed by atoms with Crippen LogP contribution in [-0.2, 0) is 11.2 Å². The lowest BCUT2D eigenvalue weighted by molar-refractivity contribution is -0.122. The van der Waals surface area contributed by atoms with Gasteiger partial charge in [0, 0.05) is 25.6 Å². The third-order valence-electron chi connectivity index (χ3n) is 5.05. The normalized spacial score (nSPS) is 15.1. The number of fused-ring (bicyclic) bond motifs is 1. The predicted molar refractivity (Wildman–Crippen MR) is 108 cm³/mol. The molecule has 0 saturated carbocycles. The number of para-hydroxylation sites is 1. The molecule has 1 aliphatic rings. The Morgan fingerprint density at radius 1 is 1.21 bits per heavy atom. The minimum Gasteiger partial charge on any atom is -0.472 e. The molecule has 28 heavy (non-hydrogen) atoms. The molecule has 0 atom stereocenters. The van der Waals surface area contributed by atoms with Gasteiger partial charge in [-0.15, -0.1) is 11.3 Å². The predicted octanol–water partition coefficient (Wildman–Crippen LogP) is 3.63. The van der Waals surface area contributed by atoms with Crippen molar-refractivity contribution in [1.82, 2.24) is 15.2 Å². The Balaban J connectivity index is 1.18. The van der Waals surface area contributed by atoms with E-state index in [0.29, 0.717) is 25.1 Å². The number of rotatable bonds is 6. The molecule has 1 aromatic carbocycles. The Morgan fingerprint density at radius 2 is 2.04 bits per heavy atom. The summed E-state index contributed by atoms with van der Waals surface area (Å²) < 4.78 is 6.17. The van der Waals surface area contributed by atoms with E-state index >= 15 is 0 Å². The van der Waals surface area contributed by atoms with Gasteiger partial charge in [-0.3, -0.25) is 9.59 Å². The average Bonchev–Trinajstić information content (AvgIpc) is 3.37. The minimum absolute atomic E-state index is 0.00522. The molecule has 0 unspecified atom stereocenters. The van der Waals surface area contributed by atoms with Gasteiger partial charge in [0.25, 0.3) is 5.91 Å². The highest BCUT2D eigenvalue weighted by Gasteiger charge is 2.24. The van der Waals surface area contributed by atoms with Crippen molar-refractivity contribution in [3.8, 4) is 0 Å². The highest BCUT2D eigenvalue weighted by Crippen LogP contribution is 2.22. The van der Waals surface area contributed by atoms with Crippen LogP contribution in [0.5, 0.6) is 0 Å². The van der Waals surface area contributed by atoms with Gasteiger partial charge in [0.2, 0.25) is 5.91 Å². The van der Waals surface area contributed by atoms with Crippen LogP contribution >= 0.6 is 11.3 Å². The van der Waals surface area contributed by atoms with Gasteiger partial charge in [0.1, 0.15) is 6.26 Å². The van der Waals surface area contributed by atoms with Crippen LogP contribution in [0.4, 0.5) is 0 Å². The number of carbonyl (C=O) groups excluding carboxylic acids is 2. The molecule has 2 amide bonds. The summed E-state index contributed by atoms with van der Waals surface area (Å²) in [6.45, 7) is 1.31. The number of hydrogen-bond donors (Lipinski definition) is 1. The van der Waals surface area contributed by atoms with E-state index in [1.807, 2.05) is 23.1 Å². The molecular formula is C21H23N3O3S.